The predicted octanol–water partition coefficient (Wildman–Crippen LogP) is 3.59. The second-order valence-electron chi connectivity index (χ2n) is 4.75. The molecule has 1 aliphatic rings. The summed E-state index contributed by atoms with van der Waals surface area (Å²) in [5, 5.41) is 0. The Morgan fingerprint density at radius 2 is 1.58 bits per heavy atom. The Hall–Kier alpha value is -2.35. The smallest absolute Gasteiger partial charge is 0.259 e. The van der Waals surface area contributed by atoms with Crippen LogP contribution in [0, 0.1) is 0 Å². The maximum absolute atomic E-state index is 12.4. The summed E-state index contributed by atoms with van der Waals surface area (Å²) in [7, 11) is 1.83. The van der Waals surface area contributed by atoms with Gasteiger partial charge in [0.2, 0.25) is 0 Å². The standard InChI is InChI=1S/C17H15NO/c1-12(13-8-4-3-5-9-13)16-14-10-6-7-11-15(14)18(2)17(16)19/h3-11H,1-2H3/b16-12+. The quantitative estimate of drug-likeness (QED) is 0.707. The van der Waals surface area contributed by atoms with E-state index in [-0.39, 0.29) is 5.91 Å². The van der Waals surface area contributed by atoms with Crippen molar-refractivity contribution in [3.63, 3.8) is 0 Å². The van der Waals surface area contributed by atoms with Gasteiger partial charge in [0.25, 0.3) is 5.91 Å². The van der Waals surface area contributed by atoms with Crippen LogP contribution in [0.3, 0.4) is 0 Å². The molecule has 0 bridgehead atoms. The summed E-state index contributed by atoms with van der Waals surface area (Å²) in [6.45, 7) is 2.01. The summed E-state index contributed by atoms with van der Waals surface area (Å²) in [4.78, 5) is 14.2. The molecule has 0 saturated heterocycles. The summed E-state index contributed by atoms with van der Waals surface area (Å²) < 4.78 is 0. The number of likely N-dealkylation sites (N-methyl/N-ethyl adjacent to an activating group) is 1. The fourth-order valence-electron chi connectivity index (χ4n) is 2.56. The lowest BCUT2D eigenvalue weighted by Gasteiger charge is -2.09. The van der Waals surface area contributed by atoms with Crippen molar-refractivity contribution in [2.24, 2.45) is 0 Å². The SMILES string of the molecule is C/C(=C1\C(=O)N(C)c2ccccc21)c1ccccc1. The van der Waals surface area contributed by atoms with Crippen LogP contribution < -0.4 is 4.90 Å². The second-order valence-corrected chi connectivity index (χ2v) is 4.75. The first-order chi connectivity index (χ1) is 9.20. The van der Waals surface area contributed by atoms with E-state index < -0.39 is 0 Å². The lowest BCUT2D eigenvalue weighted by atomic mass is 9.97. The molecule has 0 radical (unpaired) electrons. The molecule has 0 saturated carbocycles. The van der Waals surface area contributed by atoms with Crippen LogP contribution in [0.4, 0.5) is 5.69 Å². The predicted molar refractivity (Wildman–Crippen MR) is 78.8 cm³/mol. The van der Waals surface area contributed by atoms with E-state index >= 15 is 0 Å². The van der Waals surface area contributed by atoms with Crippen molar-refractivity contribution in [2.45, 2.75) is 6.92 Å². The van der Waals surface area contributed by atoms with Gasteiger partial charge in [-0.3, -0.25) is 4.79 Å². The van der Waals surface area contributed by atoms with Crippen molar-refractivity contribution < 1.29 is 4.79 Å². The van der Waals surface area contributed by atoms with E-state index in [1.807, 2.05) is 68.6 Å². The Balaban J connectivity index is 2.23. The van der Waals surface area contributed by atoms with Gasteiger partial charge in [-0.15, -0.1) is 0 Å². The first-order valence-corrected chi connectivity index (χ1v) is 6.34. The van der Waals surface area contributed by atoms with Crippen molar-refractivity contribution in [1.29, 1.82) is 0 Å². The number of amides is 1. The topological polar surface area (TPSA) is 20.3 Å². The summed E-state index contributed by atoms with van der Waals surface area (Å²) >= 11 is 0. The fraction of sp³-hybridized carbons (Fsp3) is 0.118. The molecule has 2 aromatic carbocycles. The highest BCUT2D eigenvalue weighted by Gasteiger charge is 2.30. The molecule has 1 amide bonds. The van der Waals surface area contributed by atoms with Gasteiger partial charge in [0.05, 0.1) is 11.3 Å². The van der Waals surface area contributed by atoms with Crippen LogP contribution in [-0.4, -0.2) is 13.0 Å². The third-order valence-electron chi connectivity index (χ3n) is 3.64. The van der Waals surface area contributed by atoms with Gasteiger partial charge in [0.15, 0.2) is 0 Å². The number of carbonyl (C=O) groups is 1. The largest absolute Gasteiger partial charge is 0.311 e. The van der Waals surface area contributed by atoms with E-state index in [2.05, 4.69) is 0 Å². The lowest BCUT2D eigenvalue weighted by Crippen LogP contribution is -2.20. The third kappa shape index (κ3) is 1.76. The number of hydrogen-bond acceptors (Lipinski definition) is 1. The molecule has 2 nitrogen and oxygen atoms in total. The zero-order valence-electron chi connectivity index (χ0n) is 11.1. The average Bonchev–Trinajstić information content (AvgIpc) is 2.72. The average molecular weight is 249 g/mol. The van der Waals surface area contributed by atoms with Gasteiger partial charge < -0.3 is 4.90 Å². The number of benzene rings is 2. The van der Waals surface area contributed by atoms with Crippen LogP contribution in [0.5, 0.6) is 0 Å². The molecule has 19 heavy (non-hydrogen) atoms. The van der Waals surface area contributed by atoms with Gasteiger partial charge in [-0.25, -0.2) is 0 Å². The van der Waals surface area contributed by atoms with Crippen LogP contribution in [0.1, 0.15) is 18.1 Å². The van der Waals surface area contributed by atoms with E-state index in [0.717, 1.165) is 28.0 Å². The second kappa shape index (κ2) is 4.39. The van der Waals surface area contributed by atoms with Crippen LogP contribution >= 0.6 is 0 Å². The minimum absolute atomic E-state index is 0.0718. The Labute approximate surface area is 113 Å². The van der Waals surface area contributed by atoms with Gasteiger partial charge in [-0.05, 0) is 24.1 Å². The van der Waals surface area contributed by atoms with Crippen molar-refractivity contribution in [2.75, 3.05) is 11.9 Å². The van der Waals surface area contributed by atoms with Gasteiger partial charge in [0, 0.05) is 12.6 Å². The highest BCUT2D eigenvalue weighted by atomic mass is 16.2. The molecule has 3 rings (SSSR count). The number of rotatable bonds is 1. The van der Waals surface area contributed by atoms with E-state index in [1.54, 1.807) is 4.90 Å². The minimum atomic E-state index is 0.0718. The molecular weight excluding hydrogens is 234 g/mol. The number of fused-ring (bicyclic) bond motifs is 1. The monoisotopic (exact) mass is 249 g/mol. The molecule has 1 aliphatic heterocycles. The molecule has 0 N–H and O–H groups in total. The molecular formula is C17H15NO. The van der Waals surface area contributed by atoms with E-state index in [9.17, 15) is 4.79 Å². The maximum atomic E-state index is 12.4. The Morgan fingerprint density at radius 1 is 0.947 bits per heavy atom. The maximum Gasteiger partial charge on any atom is 0.259 e. The molecule has 1 heterocycles. The van der Waals surface area contributed by atoms with Crippen LogP contribution in [-0.2, 0) is 4.79 Å². The van der Waals surface area contributed by atoms with Crippen molar-refractivity contribution in [3.05, 3.63) is 65.7 Å². The Bertz CT molecular complexity index is 671. The van der Waals surface area contributed by atoms with Crippen LogP contribution in [0.15, 0.2) is 54.6 Å². The van der Waals surface area contributed by atoms with Crippen molar-refractivity contribution >= 4 is 22.7 Å². The molecule has 0 atom stereocenters. The molecule has 0 fully saturated rings. The first kappa shape index (κ1) is 11.7. The zero-order chi connectivity index (χ0) is 13.4. The van der Waals surface area contributed by atoms with E-state index in [4.69, 9.17) is 0 Å². The van der Waals surface area contributed by atoms with Crippen LogP contribution in [0.25, 0.3) is 11.1 Å². The molecule has 94 valence electrons. The number of hydrogen-bond donors (Lipinski definition) is 0. The minimum Gasteiger partial charge on any atom is -0.311 e. The molecule has 2 heteroatoms. The van der Waals surface area contributed by atoms with E-state index in [0.29, 0.717) is 0 Å². The Kier molecular flexibility index (Phi) is 2.71. The molecule has 2 aromatic rings. The van der Waals surface area contributed by atoms with Crippen molar-refractivity contribution in [1.82, 2.24) is 0 Å². The number of nitrogens with zero attached hydrogens (tertiary/aromatic N) is 1. The number of allylic oxidation sites excluding steroid dienone is 1. The number of carbonyl (C=O) groups excluding carboxylic acids is 1. The van der Waals surface area contributed by atoms with Gasteiger partial charge in [-0.1, -0.05) is 48.5 Å². The molecule has 0 spiro atoms. The van der Waals surface area contributed by atoms with Crippen molar-refractivity contribution in [3.8, 4) is 0 Å². The Morgan fingerprint density at radius 3 is 2.32 bits per heavy atom. The highest BCUT2D eigenvalue weighted by molar-refractivity contribution is 6.37. The summed E-state index contributed by atoms with van der Waals surface area (Å²) in [5.74, 6) is 0.0718. The first-order valence-electron chi connectivity index (χ1n) is 6.34. The molecule has 0 aromatic heterocycles. The molecule has 0 aliphatic carbocycles. The fourth-order valence-corrected chi connectivity index (χ4v) is 2.56. The summed E-state index contributed by atoms with van der Waals surface area (Å²) in [6, 6.07) is 18.0. The van der Waals surface area contributed by atoms with Gasteiger partial charge >= 0.3 is 0 Å². The van der Waals surface area contributed by atoms with Crippen LogP contribution in [0.2, 0.25) is 0 Å². The number of anilines is 1. The normalized spacial score (nSPS) is 16.5. The molecule has 0 unspecified atom stereocenters. The summed E-state index contributed by atoms with van der Waals surface area (Å²) in [6.07, 6.45) is 0. The summed E-state index contributed by atoms with van der Waals surface area (Å²) in [5.41, 5.74) is 4.94. The third-order valence-corrected chi connectivity index (χ3v) is 3.64. The van der Waals surface area contributed by atoms with Gasteiger partial charge in [-0.2, -0.15) is 0 Å². The lowest BCUT2D eigenvalue weighted by molar-refractivity contribution is -0.112. The zero-order valence-corrected chi connectivity index (χ0v) is 11.1. The van der Waals surface area contributed by atoms with Gasteiger partial charge in [0.1, 0.15) is 0 Å². The highest BCUT2D eigenvalue weighted by Crippen LogP contribution is 2.39. The van der Waals surface area contributed by atoms with E-state index in [1.165, 1.54) is 0 Å². The number of para-hydroxylation sites is 1.